The summed E-state index contributed by atoms with van der Waals surface area (Å²) in [6.45, 7) is 6.24. The maximum absolute atomic E-state index is 12.8. The van der Waals surface area contributed by atoms with Crippen molar-refractivity contribution in [2.45, 2.75) is 32.9 Å². The second-order valence-electron chi connectivity index (χ2n) is 4.77. The van der Waals surface area contributed by atoms with Gasteiger partial charge in [0.05, 0.1) is 12.6 Å². The highest BCUT2D eigenvalue weighted by Gasteiger charge is 2.17. The molecule has 1 N–H and O–H groups in total. The molecule has 0 aliphatic rings. The van der Waals surface area contributed by atoms with Crippen molar-refractivity contribution in [2.24, 2.45) is 0 Å². The van der Waals surface area contributed by atoms with Crippen molar-refractivity contribution in [3.63, 3.8) is 0 Å². The highest BCUT2D eigenvalue weighted by molar-refractivity contribution is 5.78. The van der Waals surface area contributed by atoms with Gasteiger partial charge < -0.3 is 10.2 Å². The Morgan fingerprint density at radius 1 is 1.28 bits per heavy atom. The molecule has 18 heavy (non-hydrogen) atoms. The lowest BCUT2D eigenvalue weighted by atomic mass is 10.1. The molecule has 1 unspecified atom stereocenters. The quantitative estimate of drug-likeness (QED) is 0.872. The van der Waals surface area contributed by atoms with Crippen LogP contribution in [-0.4, -0.2) is 30.4 Å². The van der Waals surface area contributed by atoms with Gasteiger partial charge in [-0.3, -0.25) is 4.79 Å². The van der Waals surface area contributed by atoms with E-state index >= 15 is 0 Å². The Kier molecular flexibility index (Phi) is 5.28. The molecule has 0 spiro atoms. The van der Waals surface area contributed by atoms with E-state index in [1.807, 2.05) is 20.8 Å². The minimum atomic E-state index is -0.263. The van der Waals surface area contributed by atoms with Gasteiger partial charge in [-0.1, -0.05) is 26.0 Å². The summed E-state index contributed by atoms with van der Waals surface area (Å²) in [6.07, 6.45) is 0. The number of halogens is 1. The summed E-state index contributed by atoms with van der Waals surface area (Å²) in [6, 6.07) is 6.46. The number of carbonyl (C=O) groups excluding carboxylic acids is 1. The molecular weight excluding hydrogens is 231 g/mol. The first-order chi connectivity index (χ1) is 8.41. The Morgan fingerprint density at radius 3 is 2.33 bits per heavy atom. The fraction of sp³-hybridized carbons (Fsp3) is 0.500. The van der Waals surface area contributed by atoms with Crippen LogP contribution in [-0.2, 0) is 4.79 Å². The predicted octanol–water partition coefficient (Wildman–Crippen LogP) is 2.34. The molecule has 1 aromatic carbocycles. The zero-order chi connectivity index (χ0) is 13.7. The first kappa shape index (κ1) is 14.6. The maximum atomic E-state index is 12.8. The second kappa shape index (κ2) is 6.50. The average molecular weight is 252 g/mol. The molecule has 0 aromatic heterocycles. The molecule has 0 saturated carbocycles. The van der Waals surface area contributed by atoms with Gasteiger partial charge >= 0.3 is 0 Å². The average Bonchev–Trinajstić information content (AvgIpc) is 2.35. The third-order valence-electron chi connectivity index (χ3n) is 2.99. The molecule has 1 rings (SSSR count). The van der Waals surface area contributed by atoms with Crippen LogP contribution in [0.25, 0.3) is 0 Å². The van der Waals surface area contributed by atoms with Gasteiger partial charge in [-0.25, -0.2) is 4.39 Å². The number of amides is 1. The number of benzene rings is 1. The standard InChI is InChI=1S/C14H21FN2O/c1-10(2)16-9-14(18)17(4)11(3)12-5-7-13(15)8-6-12/h5-8,10-11,16H,9H2,1-4H3. The Hall–Kier alpha value is -1.42. The van der Waals surface area contributed by atoms with Gasteiger partial charge in [0.2, 0.25) is 5.91 Å². The van der Waals surface area contributed by atoms with Gasteiger partial charge in [0.25, 0.3) is 0 Å². The van der Waals surface area contributed by atoms with Gasteiger partial charge in [0.1, 0.15) is 5.82 Å². The normalized spacial score (nSPS) is 12.6. The molecule has 0 bridgehead atoms. The number of hydrogen-bond acceptors (Lipinski definition) is 2. The second-order valence-corrected chi connectivity index (χ2v) is 4.77. The van der Waals surface area contributed by atoms with Crippen LogP contribution in [0, 0.1) is 5.82 Å². The first-order valence-corrected chi connectivity index (χ1v) is 6.16. The van der Waals surface area contributed by atoms with Gasteiger partial charge in [0, 0.05) is 13.1 Å². The SMILES string of the molecule is CC(C)NCC(=O)N(C)C(C)c1ccc(F)cc1. The molecule has 4 heteroatoms. The number of likely N-dealkylation sites (N-methyl/N-ethyl adjacent to an activating group) is 1. The fourth-order valence-electron chi connectivity index (χ4n) is 1.60. The molecule has 0 fully saturated rings. The van der Waals surface area contributed by atoms with Crippen molar-refractivity contribution < 1.29 is 9.18 Å². The van der Waals surface area contributed by atoms with E-state index in [9.17, 15) is 9.18 Å². The zero-order valence-corrected chi connectivity index (χ0v) is 11.4. The lowest BCUT2D eigenvalue weighted by Gasteiger charge is -2.26. The minimum absolute atomic E-state index is 0.0283. The Morgan fingerprint density at radius 2 is 1.83 bits per heavy atom. The van der Waals surface area contributed by atoms with E-state index in [2.05, 4.69) is 5.32 Å². The van der Waals surface area contributed by atoms with Crippen LogP contribution in [0.1, 0.15) is 32.4 Å². The van der Waals surface area contributed by atoms with E-state index in [0.717, 1.165) is 5.56 Å². The first-order valence-electron chi connectivity index (χ1n) is 6.16. The van der Waals surface area contributed by atoms with E-state index in [1.54, 1.807) is 24.1 Å². The molecule has 0 aliphatic heterocycles. The number of hydrogen-bond donors (Lipinski definition) is 1. The zero-order valence-electron chi connectivity index (χ0n) is 11.4. The molecule has 0 aliphatic carbocycles. The lowest BCUT2D eigenvalue weighted by Crippen LogP contribution is -2.39. The third-order valence-corrected chi connectivity index (χ3v) is 2.99. The van der Waals surface area contributed by atoms with Crippen LogP contribution < -0.4 is 5.32 Å². The predicted molar refractivity (Wildman–Crippen MR) is 70.7 cm³/mol. The summed E-state index contributed by atoms with van der Waals surface area (Å²) < 4.78 is 12.8. The Bertz CT molecular complexity index is 389. The molecule has 0 saturated heterocycles. The van der Waals surface area contributed by atoms with Crippen molar-refractivity contribution in [2.75, 3.05) is 13.6 Å². The summed E-state index contributed by atoms with van der Waals surface area (Å²) in [5.41, 5.74) is 0.928. The van der Waals surface area contributed by atoms with E-state index in [-0.39, 0.29) is 23.8 Å². The van der Waals surface area contributed by atoms with Gasteiger partial charge in [0.15, 0.2) is 0 Å². The lowest BCUT2D eigenvalue weighted by molar-refractivity contribution is -0.130. The van der Waals surface area contributed by atoms with E-state index in [4.69, 9.17) is 0 Å². The number of rotatable bonds is 5. The van der Waals surface area contributed by atoms with E-state index < -0.39 is 0 Å². The number of carbonyl (C=O) groups is 1. The van der Waals surface area contributed by atoms with Gasteiger partial charge in [-0.2, -0.15) is 0 Å². The summed E-state index contributed by atoms with van der Waals surface area (Å²) >= 11 is 0. The van der Waals surface area contributed by atoms with Crippen LogP contribution in [0.2, 0.25) is 0 Å². The van der Waals surface area contributed by atoms with Crippen molar-refractivity contribution in [1.82, 2.24) is 10.2 Å². The van der Waals surface area contributed by atoms with Crippen LogP contribution in [0.15, 0.2) is 24.3 Å². The highest BCUT2D eigenvalue weighted by Crippen LogP contribution is 2.18. The maximum Gasteiger partial charge on any atom is 0.236 e. The topological polar surface area (TPSA) is 32.3 Å². The molecular formula is C14H21FN2O. The van der Waals surface area contributed by atoms with Gasteiger partial charge in [-0.15, -0.1) is 0 Å². The van der Waals surface area contributed by atoms with Crippen molar-refractivity contribution in [1.29, 1.82) is 0 Å². The number of nitrogens with one attached hydrogen (secondary N) is 1. The monoisotopic (exact) mass is 252 g/mol. The van der Waals surface area contributed by atoms with Gasteiger partial charge in [-0.05, 0) is 24.6 Å². The fourth-order valence-corrected chi connectivity index (χ4v) is 1.60. The summed E-state index contributed by atoms with van der Waals surface area (Å²) in [5.74, 6) is -0.234. The Balaban J connectivity index is 2.62. The van der Waals surface area contributed by atoms with E-state index in [0.29, 0.717) is 6.54 Å². The molecule has 1 atom stereocenters. The molecule has 3 nitrogen and oxygen atoms in total. The highest BCUT2D eigenvalue weighted by atomic mass is 19.1. The Labute approximate surface area is 108 Å². The largest absolute Gasteiger partial charge is 0.338 e. The third kappa shape index (κ3) is 4.11. The van der Waals surface area contributed by atoms with Crippen molar-refractivity contribution >= 4 is 5.91 Å². The molecule has 100 valence electrons. The van der Waals surface area contributed by atoms with Crippen LogP contribution in [0.4, 0.5) is 4.39 Å². The number of nitrogens with zero attached hydrogens (tertiary/aromatic N) is 1. The molecule has 0 radical (unpaired) electrons. The summed E-state index contributed by atoms with van der Waals surface area (Å²) in [4.78, 5) is 13.6. The van der Waals surface area contributed by atoms with Crippen molar-refractivity contribution in [3.05, 3.63) is 35.6 Å². The van der Waals surface area contributed by atoms with E-state index in [1.165, 1.54) is 12.1 Å². The van der Waals surface area contributed by atoms with Crippen LogP contribution in [0.5, 0.6) is 0 Å². The molecule has 1 amide bonds. The van der Waals surface area contributed by atoms with Crippen LogP contribution in [0.3, 0.4) is 0 Å². The van der Waals surface area contributed by atoms with Crippen LogP contribution >= 0.6 is 0 Å². The molecule has 0 heterocycles. The smallest absolute Gasteiger partial charge is 0.236 e. The van der Waals surface area contributed by atoms with Crippen molar-refractivity contribution in [3.8, 4) is 0 Å². The summed E-state index contributed by atoms with van der Waals surface area (Å²) in [5, 5.41) is 3.09. The molecule has 1 aromatic rings. The summed E-state index contributed by atoms with van der Waals surface area (Å²) in [7, 11) is 1.76. The minimum Gasteiger partial charge on any atom is -0.338 e.